The summed E-state index contributed by atoms with van der Waals surface area (Å²) in [5.74, 6) is -0.00972. The second-order valence-corrected chi connectivity index (χ2v) is 7.42. The van der Waals surface area contributed by atoms with Crippen molar-refractivity contribution in [2.75, 3.05) is 39.8 Å². The molecule has 148 valence electrons. The quantitative estimate of drug-likeness (QED) is 0.263. The topological polar surface area (TPSA) is 118 Å². The third kappa shape index (κ3) is 5.52. The monoisotopic (exact) mass is 385 g/mol. The Morgan fingerprint density at radius 2 is 2.27 bits per heavy atom. The number of nitrogens with one attached hydrogen (secondary N) is 4. The van der Waals surface area contributed by atoms with Gasteiger partial charge in [-0.3, -0.25) is 9.80 Å². The van der Waals surface area contributed by atoms with Crippen LogP contribution in [0.5, 0.6) is 0 Å². The van der Waals surface area contributed by atoms with Crippen LogP contribution < -0.4 is 27.0 Å². The number of aliphatic carboxylic acids is 1. The van der Waals surface area contributed by atoms with Gasteiger partial charge in [0.15, 0.2) is 5.50 Å². The second kappa shape index (κ2) is 10.0. The number of carboxylic acids is 1. The summed E-state index contributed by atoms with van der Waals surface area (Å²) in [6.07, 6.45) is 3.98. The molecule has 0 fully saturated rings. The van der Waals surface area contributed by atoms with Crippen LogP contribution in [0.2, 0.25) is 0 Å². The van der Waals surface area contributed by atoms with E-state index in [2.05, 4.69) is 58.0 Å². The van der Waals surface area contributed by atoms with Crippen LogP contribution in [0, 0.1) is 0 Å². The number of likely N-dealkylation sites (N-methyl/N-ethyl adjacent to an activating group) is 2. The molecule has 2 rings (SSSR count). The number of hydrogen-bond donors (Lipinski definition) is 6. The van der Waals surface area contributed by atoms with E-state index in [1.54, 1.807) is 0 Å². The number of carboxylic acid groups (broad SMARTS) is 1. The van der Waals surface area contributed by atoms with Crippen molar-refractivity contribution in [3.8, 4) is 0 Å². The van der Waals surface area contributed by atoms with Gasteiger partial charge in [-0.15, -0.1) is 0 Å². The highest BCUT2D eigenvalue weighted by molar-refractivity contribution is 8.04. The van der Waals surface area contributed by atoms with E-state index in [-0.39, 0.29) is 17.8 Å². The van der Waals surface area contributed by atoms with Crippen molar-refractivity contribution in [3.05, 3.63) is 23.0 Å². The standard InChI is InChI=1S/C16H31N7O2S/c1-4-23(8-7-18-6-5-17)14-9-13(20-11(2)22(14)3)21-16-19-10-12(26-16)15(24)25/h9-11,14,16,18-21H,4-8,17H2,1-3H3,(H,24,25). The van der Waals surface area contributed by atoms with Gasteiger partial charge in [0.1, 0.15) is 10.7 Å². The van der Waals surface area contributed by atoms with E-state index < -0.39 is 5.97 Å². The lowest BCUT2D eigenvalue weighted by molar-refractivity contribution is -0.131. The zero-order chi connectivity index (χ0) is 19.1. The molecule has 9 nitrogen and oxygen atoms in total. The van der Waals surface area contributed by atoms with Crippen molar-refractivity contribution < 1.29 is 9.90 Å². The van der Waals surface area contributed by atoms with E-state index in [1.165, 1.54) is 18.0 Å². The van der Waals surface area contributed by atoms with Gasteiger partial charge < -0.3 is 32.1 Å². The minimum atomic E-state index is -0.912. The fraction of sp³-hybridized carbons (Fsp3) is 0.688. The molecule has 26 heavy (non-hydrogen) atoms. The number of nitrogens with two attached hydrogens (primary N) is 1. The molecule has 0 aliphatic carbocycles. The Hall–Kier alpha value is -1.46. The molecule has 2 heterocycles. The molecule has 0 aromatic heterocycles. The van der Waals surface area contributed by atoms with Crippen LogP contribution in [-0.4, -0.2) is 78.5 Å². The molecule has 2 aliphatic heterocycles. The summed E-state index contributed by atoms with van der Waals surface area (Å²) in [4.78, 5) is 16.0. The van der Waals surface area contributed by atoms with Crippen molar-refractivity contribution in [2.24, 2.45) is 5.73 Å². The highest BCUT2D eigenvalue weighted by Gasteiger charge is 2.30. The largest absolute Gasteiger partial charge is 0.477 e. The maximum absolute atomic E-state index is 11.0. The van der Waals surface area contributed by atoms with Crippen molar-refractivity contribution in [1.82, 2.24) is 31.1 Å². The molecule has 2 aliphatic rings. The predicted octanol–water partition coefficient (Wildman–Crippen LogP) is -0.959. The van der Waals surface area contributed by atoms with Gasteiger partial charge in [0, 0.05) is 32.4 Å². The molecule has 0 amide bonds. The summed E-state index contributed by atoms with van der Waals surface area (Å²) in [7, 11) is 2.10. The molecule has 7 N–H and O–H groups in total. The average Bonchev–Trinajstić information content (AvgIpc) is 3.07. The third-order valence-corrected chi connectivity index (χ3v) is 5.53. The van der Waals surface area contributed by atoms with Gasteiger partial charge in [0.2, 0.25) is 0 Å². The lowest BCUT2D eigenvalue weighted by Crippen LogP contribution is -2.59. The van der Waals surface area contributed by atoms with Gasteiger partial charge in [0.25, 0.3) is 0 Å². The van der Waals surface area contributed by atoms with E-state index in [4.69, 9.17) is 10.8 Å². The smallest absolute Gasteiger partial charge is 0.343 e. The molecule has 10 heteroatoms. The lowest BCUT2D eigenvalue weighted by atomic mass is 10.2. The number of rotatable bonds is 10. The number of thioether (sulfide) groups is 1. The van der Waals surface area contributed by atoms with Gasteiger partial charge in [-0.25, -0.2) is 4.79 Å². The van der Waals surface area contributed by atoms with E-state index in [9.17, 15) is 4.79 Å². The predicted molar refractivity (Wildman–Crippen MR) is 105 cm³/mol. The fourth-order valence-corrected chi connectivity index (χ4v) is 3.73. The molecule has 0 saturated carbocycles. The number of carbonyl (C=O) groups is 1. The Morgan fingerprint density at radius 1 is 1.50 bits per heavy atom. The molecule has 0 radical (unpaired) electrons. The molecule has 3 atom stereocenters. The fourth-order valence-electron chi connectivity index (χ4n) is 2.92. The Labute approximate surface area is 159 Å². The maximum atomic E-state index is 11.0. The van der Waals surface area contributed by atoms with E-state index in [0.29, 0.717) is 11.4 Å². The molecule has 0 aromatic rings. The highest BCUT2D eigenvalue weighted by atomic mass is 32.2. The molecule has 3 unspecified atom stereocenters. The molecule has 0 bridgehead atoms. The van der Waals surface area contributed by atoms with Crippen LogP contribution in [0.15, 0.2) is 23.0 Å². The van der Waals surface area contributed by atoms with Gasteiger partial charge in [-0.2, -0.15) is 0 Å². The summed E-state index contributed by atoms with van der Waals surface area (Å²) in [6.45, 7) is 8.46. The molecular weight excluding hydrogens is 354 g/mol. The van der Waals surface area contributed by atoms with E-state index in [0.717, 1.165) is 32.0 Å². The van der Waals surface area contributed by atoms with Gasteiger partial charge in [0.05, 0.1) is 12.3 Å². The average molecular weight is 386 g/mol. The second-order valence-electron chi connectivity index (χ2n) is 6.27. The zero-order valence-corrected chi connectivity index (χ0v) is 16.5. The molecule has 0 saturated heterocycles. The summed E-state index contributed by atoms with van der Waals surface area (Å²) >= 11 is 1.26. The SMILES string of the molecule is CCN(CCNCCN)C1C=C(NC2NC=C(C(=O)O)S2)NC(C)N1C. The first kappa shape index (κ1) is 20.8. The minimum absolute atomic E-state index is 0.150. The first-order valence-electron chi connectivity index (χ1n) is 8.94. The summed E-state index contributed by atoms with van der Waals surface area (Å²) in [6, 6.07) is 0. The number of hydrogen-bond acceptors (Lipinski definition) is 9. The summed E-state index contributed by atoms with van der Waals surface area (Å²) in [5, 5.41) is 22.2. The van der Waals surface area contributed by atoms with Crippen molar-refractivity contribution in [1.29, 1.82) is 0 Å². The van der Waals surface area contributed by atoms with Crippen LogP contribution in [0.1, 0.15) is 13.8 Å². The lowest BCUT2D eigenvalue weighted by Gasteiger charge is -2.43. The van der Waals surface area contributed by atoms with Crippen molar-refractivity contribution in [3.63, 3.8) is 0 Å². The first-order chi connectivity index (χ1) is 12.5. The van der Waals surface area contributed by atoms with Crippen molar-refractivity contribution in [2.45, 2.75) is 31.7 Å². The van der Waals surface area contributed by atoms with Crippen LogP contribution in [0.4, 0.5) is 0 Å². The van der Waals surface area contributed by atoms with E-state index >= 15 is 0 Å². The Kier molecular flexibility index (Phi) is 8.04. The minimum Gasteiger partial charge on any atom is -0.477 e. The first-order valence-corrected chi connectivity index (χ1v) is 9.82. The van der Waals surface area contributed by atoms with E-state index in [1.807, 2.05) is 0 Å². The Morgan fingerprint density at radius 3 is 2.88 bits per heavy atom. The molecule has 0 spiro atoms. The summed E-state index contributed by atoms with van der Waals surface area (Å²) < 4.78 is 0. The van der Waals surface area contributed by atoms with Crippen LogP contribution in [0.3, 0.4) is 0 Å². The number of nitrogens with zero attached hydrogens (tertiary/aromatic N) is 2. The normalized spacial score (nSPS) is 26.1. The van der Waals surface area contributed by atoms with Crippen LogP contribution in [-0.2, 0) is 4.79 Å². The van der Waals surface area contributed by atoms with Gasteiger partial charge in [-0.05, 0) is 26.6 Å². The zero-order valence-electron chi connectivity index (χ0n) is 15.7. The van der Waals surface area contributed by atoms with Crippen molar-refractivity contribution >= 4 is 17.7 Å². The Bertz CT molecular complexity index is 543. The highest BCUT2D eigenvalue weighted by Crippen LogP contribution is 2.25. The van der Waals surface area contributed by atoms with Crippen LogP contribution >= 0.6 is 11.8 Å². The maximum Gasteiger partial charge on any atom is 0.343 e. The van der Waals surface area contributed by atoms with Crippen LogP contribution in [0.25, 0.3) is 0 Å². The van der Waals surface area contributed by atoms with Gasteiger partial charge >= 0.3 is 5.97 Å². The molecule has 0 aromatic carbocycles. The summed E-state index contributed by atoms with van der Waals surface area (Å²) in [5.41, 5.74) is 5.33. The molecular formula is C16H31N7O2S. The Balaban J connectivity index is 1.98. The van der Waals surface area contributed by atoms with Gasteiger partial charge in [-0.1, -0.05) is 18.7 Å². The third-order valence-electron chi connectivity index (χ3n) is 4.49.